The first-order valence-corrected chi connectivity index (χ1v) is 5.98. The number of aromatic nitrogens is 4. The molecule has 3 rings (SSSR count). The molecule has 0 spiro atoms. The zero-order chi connectivity index (χ0) is 12.7. The fourth-order valence-electron chi connectivity index (χ4n) is 2.40. The van der Waals surface area contributed by atoms with Crippen molar-refractivity contribution in [1.29, 1.82) is 0 Å². The number of imidazole rings is 1. The number of rotatable bonds is 1. The lowest BCUT2D eigenvalue weighted by atomic mass is 9.89. The van der Waals surface area contributed by atoms with Gasteiger partial charge in [0.15, 0.2) is 11.2 Å². The summed E-state index contributed by atoms with van der Waals surface area (Å²) in [5, 5.41) is 0. The van der Waals surface area contributed by atoms with Crippen LogP contribution < -0.4 is 11.3 Å². The summed E-state index contributed by atoms with van der Waals surface area (Å²) >= 11 is 0. The summed E-state index contributed by atoms with van der Waals surface area (Å²) in [5.74, 6) is 1.53. The molecule has 4 N–H and O–H groups in total. The smallest absolute Gasteiger partial charge is 0.278 e. The molecule has 1 saturated heterocycles. The van der Waals surface area contributed by atoms with E-state index in [-0.39, 0.29) is 17.4 Å². The minimum Gasteiger partial charge on any atom is -0.381 e. The first-order valence-electron chi connectivity index (χ1n) is 5.98. The van der Waals surface area contributed by atoms with Gasteiger partial charge in [0.05, 0.1) is 0 Å². The SMILES string of the molecule is CC1COCCC1c1nc2nc(N)[nH]c(=O)c2[nH]1. The number of hydrogen-bond acceptors (Lipinski definition) is 5. The van der Waals surface area contributed by atoms with Gasteiger partial charge in [0.2, 0.25) is 5.95 Å². The highest BCUT2D eigenvalue weighted by atomic mass is 16.5. The van der Waals surface area contributed by atoms with Gasteiger partial charge < -0.3 is 15.5 Å². The van der Waals surface area contributed by atoms with Crippen LogP contribution in [0, 0.1) is 5.92 Å². The Morgan fingerprint density at radius 3 is 3.00 bits per heavy atom. The van der Waals surface area contributed by atoms with Gasteiger partial charge in [0.25, 0.3) is 5.56 Å². The Labute approximate surface area is 103 Å². The number of anilines is 1. The molecular formula is C11H15N5O2. The van der Waals surface area contributed by atoms with Gasteiger partial charge in [0.1, 0.15) is 5.82 Å². The largest absolute Gasteiger partial charge is 0.381 e. The van der Waals surface area contributed by atoms with E-state index in [1.807, 2.05) is 0 Å². The molecule has 1 aliphatic heterocycles. The van der Waals surface area contributed by atoms with Crippen molar-refractivity contribution in [1.82, 2.24) is 19.9 Å². The first kappa shape index (κ1) is 11.2. The number of nitrogens with one attached hydrogen (secondary N) is 2. The van der Waals surface area contributed by atoms with E-state index in [4.69, 9.17) is 10.5 Å². The number of aromatic amines is 2. The highest BCUT2D eigenvalue weighted by Crippen LogP contribution is 2.30. The maximum Gasteiger partial charge on any atom is 0.278 e. The third kappa shape index (κ3) is 1.76. The number of hydrogen-bond donors (Lipinski definition) is 3. The van der Waals surface area contributed by atoms with Crippen molar-refractivity contribution < 1.29 is 4.74 Å². The average Bonchev–Trinajstić information content (AvgIpc) is 2.73. The summed E-state index contributed by atoms with van der Waals surface area (Å²) in [6, 6.07) is 0. The number of H-pyrrole nitrogens is 2. The van der Waals surface area contributed by atoms with Crippen LogP contribution in [0.5, 0.6) is 0 Å². The average molecular weight is 249 g/mol. The Kier molecular flexibility index (Phi) is 2.55. The van der Waals surface area contributed by atoms with Crippen molar-refractivity contribution in [3.63, 3.8) is 0 Å². The van der Waals surface area contributed by atoms with E-state index in [0.29, 0.717) is 23.7 Å². The normalized spacial score (nSPS) is 24.5. The van der Waals surface area contributed by atoms with Gasteiger partial charge in [-0.15, -0.1) is 0 Å². The van der Waals surface area contributed by atoms with E-state index in [1.165, 1.54) is 0 Å². The molecule has 0 radical (unpaired) electrons. The quantitative estimate of drug-likeness (QED) is 0.676. The zero-order valence-corrected chi connectivity index (χ0v) is 10.1. The molecule has 0 saturated carbocycles. The Bertz CT molecular complexity index is 632. The van der Waals surface area contributed by atoms with Crippen LogP contribution in [0.3, 0.4) is 0 Å². The van der Waals surface area contributed by atoms with E-state index in [9.17, 15) is 4.79 Å². The molecule has 2 aromatic heterocycles. The third-order valence-electron chi connectivity index (χ3n) is 3.39. The second kappa shape index (κ2) is 4.09. The second-order valence-electron chi connectivity index (χ2n) is 4.72. The Morgan fingerprint density at radius 2 is 2.22 bits per heavy atom. The number of fused-ring (bicyclic) bond motifs is 1. The third-order valence-corrected chi connectivity index (χ3v) is 3.39. The lowest BCUT2D eigenvalue weighted by Crippen LogP contribution is -2.24. The van der Waals surface area contributed by atoms with E-state index in [0.717, 1.165) is 18.9 Å². The van der Waals surface area contributed by atoms with Crippen LogP contribution in [0.15, 0.2) is 4.79 Å². The van der Waals surface area contributed by atoms with Crippen LogP contribution in [0.25, 0.3) is 11.2 Å². The van der Waals surface area contributed by atoms with Crippen LogP contribution in [-0.4, -0.2) is 33.1 Å². The van der Waals surface area contributed by atoms with Gasteiger partial charge in [-0.3, -0.25) is 9.78 Å². The topological polar surface area (TPSA) is 110 Å². The van der Waals surface area contributed by atoms with Crippen LogP contribution in [0.4, 0.5) is 5.95 Å². The predicted octanol–water partition coefficient (Wildman–Crippen LogP) is 0.368. The summed E-state index contributed by atoms with van der Waals surface area (Å²) in [7, 11) is 0. The summed E-state index contributed by atoms with van der Waals surface area (Å²) in [6.07, 6.45) is 0.897. The van der Waals surface area contributed by atoms with E-state index < -0.39 is 0 Å². The Hall–Kier alpha value is -1.89. The maximum absolute atomic E-state index is 11.7. The Balaban J connectivity index is 2.08. The van der Waals surface area contributed by atoms with Crippen LogP contribution in [0.1, 0.15) is 25.1 Å². The molecule has 2 atom stereocenters. The highest BCUT2D eigenvalue weighted by molar-refractivity contribution is 5.70. The molecule has 7 nitrogen and oxygen atoms in total. The molecule has 0 aliphatic carbocycles. The number of ether oxygens (including phenoxy) is 1. The number of nitrogen functional groups attached to an aromatic ring is 1. The summed E-state index contributed by atoms with van der Waals surface area (Å²) in [5.41, 5.74) is 5.98. The molecule has 0 bridgehead atoms. The van der Waals surface area contributed by atoms with Gasteiger partial charge in [-0.05, 0) is 12.3 Å². The zero-order valence-electron chi connectivity index (χ0n) is 10.1. The standard InChI is InChI=1S/C11H15N5O2/c1-5-4-18-3-2-6(5)8-13-7-9(14-8)15-11(12)16-10(7)17/h5-6H,2-4H2,1H3,(H4,12,13,14,15,16,17). The first-order chi connectivity index (χ1) is 8.65. The molecule has 2 unspecified atom stereocenters. The van der Waals surface area contributed by atoms with Crippen molar-refractivity contribution in [3.8, 4) is 0 Å². The van der Waals surface area contributed by atoms with Gasteiger partial charge in [-0.2, -0.15) is 4.98 Å². The van der Waals surface area contributed by atoms with Crippen LogP contribution in [-0.2, 0) is 4.74 Å². The summed E-state index contributed by atoms with van der Waals surface area (Å²) in [4.78, 5) is 25.6. The van der Waals surface area contributed by atoms with Gasteiger partial charge in [-0.25, -0.2) is 4.98 Å². The van der Waals surface area contributed by atoms with Crippen molar-refractivity contribution >= 4 is 17.1 Å². The van der Waals surface area contributed by atoms with Crippen LogP contribution >= 0.6 is 0 Å². The van der Waals surface area contributed by atoms with E-state index >= 15 is 0 Å². The minimum atomic E-state index is -0.282. The molecule has 18 heavy (non-hydrogen) atoms. The number of nitrogens with zero attached hydrogens (tertiary/aromatic N) is 2. The number of nitrogens with two attached hydrogens (primary N) is 1. The molecule has 7 heteroatoms. The molecule has 96 valence electrons. The van der Waals surface area contributed by atoms with Gasteiger partial charge >= 0.3 is 0 Å². The molecule has 2 aromatic rings. The predicted molar refractivity (Wildman–Crippen MR) is 66.3 cm³/mol. The molecular weight excluding hydrogens is 234 g/mol. The highest BCUT2D eigenvalue weighted by Gasteiger charge is 2.26. The summed E-state index contributed by atoms with van der Waals surface area (Å²) in [6.45, 7) is 3.55. The molecule has 3 heterocycles. The fraction of sp³-hybridized carbons (Fsp3) is 0.545. The monoisotopic (exact) mass is 249 g/mol. The minimum absolute atomic E-state index is 0.0885. The van der Waals surface area contributed by atoms with E-state index in [1.54, 1.807) is 0 Å². The van der Waals surface area contributed by atoms with Gasteiger partial charge in [-0.1, -0.05) is 6.92 Å². The maximum atomic E-state index is 11.7. The molecule has 0 amide bonds. The van der Waals surface area contributed by atoms with Crippen LogP contribution in [0.2, 0.25) is 0 Å². The van der Waals surface area contributed by atoms with E-state index in [2.05, 4.69) is 26.9 Å². The lowest BCUT2D eigenvalue weighted by molar-refractivity contribution is 0.0455. The van der Waals surface area contributed by atoms with Crippen molar-refractivity contribution in [2.75, 3.05) is 18.9 Å². The molecule has 0 aromatic carbocycles. The van der Waals surface area contributed by atoms with Crippen molar-refractivity contribution in [3.05, 3.63) is 16.2 Å². The summed E-state index contributed by atoms with van der Waals surface area (Å²) < 4.78 is 5.41. The Morgan fingerprint density at radius 1 is 1.39 bits per heavy atom. The second-order valence-corrected chi connectivity index (χ2v) is 4.72. The van der Waals surface area contributed by atoms with Gasteiger partial charge in [0, 0.05) is 19.1 Å². The lowest BCUT2D eigenvalue weighted by Gasteiger charge is -2.26. The molecule has 1 fully saturated rings. The van der Waals surface area contributed by atoms with Crippen molar-refractivity contribution in [2.24, 2.45) is 5.92 Å². The van der Waals surface area contributed by atoms with Crippen molar-refractivity contribution in [2.45, 2.75) is 19.3 Å². The molecule has 1 aliphatic rings. The fourth-order valence-corrected chi connectivity index (χ4v) is 2.40.